The molecule has 1 aliphatic rings. The van der Waals surface area contributed by atoms with E-state index in [4.69, 9.17) is 0 Å². The van der Waals surface area contributed by atoms with E-state index in [1.54, 1.807) is 0 Å². The number of aromatic amines is 1. The lowest BCUT2D eigenvalue weighted by atomic mass is 9.85. The van der Waals surface area contributed by atoms with Crippen LogP contribution in [0.2, 0.25) is 0 Å². The van der Waals surface area contributed by atoms with Gasteiger partial charge in [0.05, 0.1) is 5.69 Å². The molecule has 2 N–H and O–H groups in total. The van der Waals surface area contributed by atoms with Gasteiger partial charge in [-0.15, -0.1) is 0 Å². The van der Waals surface area contributed by atoms with Gasteiger partial charge < -0.3 is 10.3 Å². The van der Waals surface area contributed by atoms with E-state index >= 15 is 0 Å². The van der Waals surface area contributed by atoms with Gasteiger partial charge in [0.25, 0.3) is 0 Å². The summed E-state index contributed by atoms with van der Waals surface area (Å²) in [5.74, 6) is 0.367. The first-order valence-corrected chi connectivity index (χ1v) is 9.15. The highest BCUT2D eigenvalue weighted by molar-refractivity contribution is 6.02. The molecule has 0 atom stereocenters. The Hall–Kier alpha value is -2.55. The van der Waals surface area contributed by atoms with Crippen LogP contribution in [-0.2, 0) is 17.6 Å². The lowest BCUT2D eigenvalue weighted by Gasteiger charge is -2.23. The third-order valence-electron chi connectivity index (χ3n) is 5.30. The quantitative estimate of drug-likeness (QED) is 0.678. The van der Waals surface area contributed by atoms with E-state index in [9.17, 15) is 4.79 Å². The van der Waals surface area contributed by atoms with E-state index in [2.05, 4.69) is 59.7 Å². The van der Waals surface area contributed by atoms with Gasteiger partial charge in [-0.05, 0) is 55.9 Å². The molecule has 0 spiro atoms. The van der Waals surface area contributed by atoms with E-state index in [-0.39, 0.29) is 11.8 Å². The Balaban J connectivity index is 1.49. The molecular formula is C22H24N2O. The lowest BCUT2D eigenvalue weighted by Crippen LogP contribution is -2.27. The molecule has 0 aliphatic heterocycles. The van der Waals surface area contributed by atoms with Crippen molar-refractivity contribution in [2.24, 2.45) is 5.92 Å². The fourth-order valence-corrected chi connectivity index (χ4v) is 3.38. The van der Waals surface area contributed by atoms with Crippen molar-refractivity contribution in [3.05, 3.63) is 65.4 Å². The number of aromatic nitrogens is 1. The van der Waals surface area contributed by atoms with Crippen LogP contribution in [0.3, 0.4) is 0 Å². The van der Waals surface area contributed by atoms with Crippen molar-refractivity contribution in [2.75, 3.05) is 5.32 Å². The van der Waals surface area contributed by atoms with Crippen LogP contribution in [0.5, 0.6) is 0 Å². The summed E-state index contributed by atoms with van der Waals surface area (Å²) >= 11 is 0. The highest BCUT2D eigenvalue weighted by Gasteiger charge is 2.25. The number of rotatable bonds is 5. The van der Waals surface area contributed by atoms with Crippen LogP contribution in [0, 0.1) is 12.8 Å². The van der Waals surface area contributed by atoms with E-state index in [0.29, 0.717) is 0 Å². The molecule has 0 unspecified atom stereocenters. The number of amides is 1. The molecule has 0 saturated heterocycles. The maximum atomic E-state index is 12.2. The van der Waals surface area contributed by atoms with Crippen molar-refractivity contribution < 1.29 is 4.79 Å². The standard InChI is InChI=1S/C22H24N2O/c1-15-5-7-16(8-6-15)9-10-17-11-12-20-19(13-17)21(14-23-20)24-22(25)18-3-2-4-18/h5-8,11-14,18,23H,2-4,9-10H2,1H3,(H,24,25). The molecule has 2 aromatic carbocycles. The largest absolute Gasteiger partial charge is 0.359 e. The number of aryl methyl sites for hydroxylation is 3. The Labute approximate surface area is 148 Å². The Morgan fingerprint density at radius 1 is 1.08 bits per heavy atom. The van der Waals surface area contributed by atoms with Crippen LogP contribution in [0.25, 0.3) is 10.9 Å². The van der Waals surface area contributed by atoms with Crippen LogP contribution in [0.1, 0.15) is 36.0 Å². The summed E-state index contributed by atoms with van der Waals surface area (Å²) in [4.78, 5) is 15.5. The summed E-state index contributed by atoms with van der Waals surface area (Å²) < 4.78 is 0. The Kier molecular flexibility index (Phi) is 4.31. The summed E-state index contributed by atoms with van der Waals surface area (Å²) in [6.07, 6.45) is 7.16. The first kappa shape index (κ1) is 15.9. The molecule has 1 aliphatic carbocycles. The molecule has 0 bridgehead atoms. The van der Waals surface area contributed by atoms with Gasteiger partial charge >= 0.3 is 0 Å². The fourth-order valence-electron chi connectivity index (χ4n) is 3.38. The zero-order valence-electron chi connectivity index (χ0n) is 14.6. The average Bonchev–Trinajstić information content (AvgIpc) is 2.95. The summed E-state index contributed by atoms with van der Waals surface area (Å²) in [7, 11) is 0. The van der Waals surface area contributed by atoms with E-state index in [0.717, 1.165) is 42.3 Å². The number of hydrogen-bond acceptors (Lipinski definition) is 1. The second-order valence-corrected chi connectivity index (χ2v) is 7.18. The molecule has 4 rings (SSSR count). The SMILES string of the molecule is Cc1ccc(CCc2ccc3[nH]cc(NC(=O)C4CCC4)c3c2)cc1. The monoisotopic (exact) mass is 332 g/mol. The summed E-state index contributed by atoms with van der Waals surface area (Å²) in [6.45, 7) is 2.11. The minimum absolute atomic E-state index is 0.164. The summed E-state index contributed by atoms with van der Waals surface area (Å²) in [6, 6.07) is 15.2. The van der Waals surface area contributed by atoms with Crippen molar-refractivity contribution >= 4 is 22.5 Å². The molecule has 1 amide bonds. The van der Waals surface area contributed by atoms with Crippen LogP contribution in [-0.4, -0.2) is 10.9 Å². The van der Waals surface area contributed by atoms with Gasteiger partial charge in [-0.3, -0.25) is 4.79 Å². The maximum Gasteiger partial charge on any atom is 0.227 e. The van der Waals surface area contributed by atoms with Gasteiger partial charge in [0.15, 0.2) is 0 Å². The second-order valence-electron chi connectivity index (χ2n) is 7.18. The third-order valence-corrected chi connectivity index (χ3v) is 5.30. The predicted molar refractivity (Wildman–Crippen MR) is 103 cm³/mol. The van der Waals surface area contributed by atoms with Gasteiger partial charge in [-0.2, -0.15) is 0 Å². The maximum absolute atomic E-state index is 12.2. The molecule has 25 heavy (non-hydrogen) atoms. The van der Waals surface area contributed by atoms with Crippen LogP contribution in [0.15, 0.2) is 48.7 Å². The number of hydrogen-bond donors (Lipinski definition) is 2. The van der Waals surface area contributed by atoms with Gasteiger partial charge in [0.2, 0.25) is 5.91 Å². The van der Waals surface area contributed by atoms with Crippen LogP contribution >= 0.6 is 0 Å². The van der Waals surface area contributed by atoms with E-state index in [1.807, 2.05) is 6.20 Å². The number of fused-ring (bicyclic) bond motifs is 1. The van der Waals surface area contributed by atoms with Gasteiger partial charge in [-0.1, -0.05) is 42.3 Å². The Bertz CT molecular complexity index is 888. The smallest absolute Gasteiger partial charge is 0.227 e. The molecule has 1 heterocycles. The Morgan fingerprint density at radius 3 is 2.52 bits per heavy atom. The second kappa shape index (κ2) is 6.75. The molecule has 3 nitrogen and oxygen atoms in total. The van der Waals surface area contributed by atoms with Gasteiger partial charge in [-0.25, -0.2) is 0 Å². The number of carbonyl (C=O) groups excluding carboxylic acids is 1. The molecule has 1 saturated carbocycles. The van der Waals surface area contributed by atoms with Crippen molar-refractivity contribution in [3.63, 3.8) is 0 Å². The topological polar surface area (TPSA) is 44.9 Å². The number of nitrogens with one attached hydrogen (secondary N) is 2. The third kappa shape index (κ3) is 3.46. The van der Waals surface area contributed by atoms with Crippen molar-refractivity contribution in [3.8, 4) is 0 Å². The van der Waals surface area contributed by atoms with Gasteiger partial charge in [0.1, 0.15) is 0 Å². The lowest BCUT2D eigenvalue weighted by molar-refractivity contribution is -0.122. The highest BCUT2D eigenvalue weighted by Crippen LogP contribution is 2.30. The van der Waals surface area contributed by atoms with Gasteiger partial charge in [0, 0.05) is 23.0 Å². The molecule has 128 valence electrons. The normalized spacial score (nSPS) is 14.4. The summed E-state index contributed by atoms with van der Waals surface area (Å²) in [5, 5.41) is 4.21. The molecule has 3 aromatic rings. The van der Waals surface area contributed by atoms with Crippen LogP contribution in [0.4, 0.5) is 5.69 Å². The molecule has 1 aromatic heterocycles. The van der Waals surface area contributed by atoms with Crippen molar-refractivity contribution in [2.45, 2.75) is 39.0 Å². The van der Waals surface area contributed by atoms with Crippen molar-refractivity contribution in [1.29, 1.82) is 0 Å². The minimum Gasteiger partial charge on any atom is -0.359 e. The zero-order chi connectivity index (χ0) is 17.2. The predicted octanol–water partition coefficient (Wildman–Crippen LogP) is 5.00. The summed E-state index contributed by atoms with van der Waals surface area (Å²) in [5.41, 5.74) is 5.93. The van der Waals surface area contributed by atoms with E-state index < -0.39 is 0 Å². The minimum atomic E-state index is 0.164. The van der Waals surface area contributed by atoms with Crippen molar-refractivity contribution in [1.82, 2.24) is 4.98 Å². The first-order valence-electron chi connectivity index (χ1n) is 9.15. The number of H-pyrrole nitrogens is 1. The first-order chi connectivity index (χ1) is 12.2. The molecule has 0 radical (unpaired) electrons. The molecule has 3 heteroatoms. The van der Waals surface area contributed by atoms with E-state index in [1.165, 1.54) is 23.1 Å². The highest BCUT2D eigenvalue weighted by atomic mass is 16.1. The Morgan fingerprint density at radius 2 is 1.80 bits per heavy atom. The molecule has 1 fully saturated rings. The van der Waals surface area contributed by atoms with Crippen LogP contribution < -0.4 is 5.32 Å². The zero-order valence-corrected chi connectivity index (χ0v) is 14.6. The average molecular weight is 332 g/mol. The molecular weight excluding hydrogens is 308 g/mol. The fraction of sp³-hybridized carbons (Fsp3) is 0.318. The number of benzene rings is 2. The number of anilines is 1. The number of carbonyl (C=O) groups is 1.